The molecule has 0 radical (unpaired) electrons. The van der Waals surface area contributed by atoms with Crippen LogP contribution in [0, 0.1) is 0 Å². The van der Waals surface area contributed by atoms with Crippen LogP contribution in [0.5, 0.6) is 0 Å². The SMILES string of the molecule is CCCCC/C=C/C/C=C/C/C=C/C/C=C/CCCCCC(=O)O[C@H](COC(=O)CCCC/C=C/CCCCCCCCCCC)COP(=O)(O)OCC[N+](C)(C)C. The average molecular weight is 837 g/mol. The van der Waals surface area contributed by atoms with E-state index in [1.807, 2.05) is 21.1 Å². The number of carbonyl (C=O) groups is 2. The summed E-state index contributed by atoms with van der Waals surface area (Å²) in [4.78, 5) is 35.4. The Morgan fingerprint density at radius 3 is 1.47 bits per heavy atom. The van der Waals surface area contributed by atoms with Gasteiger partial charge in [0.2, 0.25) is 0 Å². The van der Waals surface area contributed by atoms with Crippen molar-refractivity contribution in [1.82, 2.24) is 0 Å². The van der Waals surface area contributed by atoms with Crippen LogP contribution < -0.4 is 0 Å². The van der Waals surface area contributed by atoms with Crippen LogP contribution in [0.3, 0.4) is 0 Å². The molecule has 2 atom stereocenters. The van der Waals surface area contributed by atoms with Crippen molar-refractivity contribution in [2.75, 3.05) is 47.5 Å². The molecule has 0 bridgehead atoms. The van der Waals surface area contributed by atoms with Crippen LogP contribution in [-0.2, 0) is 32.7 Å². The molecule has 58 heavy (non-hydrogen) atoms. The molecule has 0 amide bonds. The predicted molar refractivity (Wildman–Crippen MR) is 243 cm³/mol. The number of phosphoric acid groups is 1. The van der Waals surface area contributed by atoms with Gasteiger partial charge in [-0.25, -0.2) is 4.57 Å². The second kappa shape index (κ2) is 40.1. The van der Waals surface area contributed by atoms with Gasteiger partial charge in [-0.1, -0.05) is 145 Å². The molecule has 0 aromatic heterocycles. The highest BCUT2D eigenvalue weighted by Gasteiger charge is 2.27. The van der Waals surface area contributed by atoms with Gasteiger partial charge in [0.15, 0.2) is 6.10 Å². The van der Waals surface area contributed by atoms with Crippen molar-refractivity contribution in [3.05, 3.63) is 60.8 Å². The Bertz CT molecular complexity index is 1170. The predicted octanol–water partition coefficient (Wildman–Crippen LogP) is 13.2. The van der Waals surface area contributed by atoms with E-state index >= 15 is 0 Å². The van der Waals surface area contributed by atoms with Gasteiger partial charge in [0.05, 0.1) is 27.7 Å². The summed E-state index contributed by atoms with van der Waals surface area (Å²) in [5.74, 6) is -0.863. The average Bonchev–Trinajstić information content (AvgIpc) is 3.17. The smallest absolute Gasteiger partial charge is 0.462 e. The van der Waals surface area contributed by atoms with Gasteiger partial charge in [0.1, 0.15) is 19.8 Å². The molecule has 10 heteroatoms. The Hall–Kier alpha value is -2.29. The summed E-state index contributed by atoms with van der Waals surface area (Å²) in [6.45, 7) is 4.33. The molecule has 0 aliphatic carbocycles. The first-order valence-corrected chi connectivity index (χ1v) is 24.5. The topological polar surface area (TPSA) is 108 Å². The van der Waals surface area contributed by atoms with Gasteiger partial charge in [0.25, 0.3) is 0 Å². The van der Waals surface area contributed by atoms with Crippen molar-refractivity contribution in [1.29, 1.82) is 0 Å². The molecular weight excluding hydrogens is 750 g/mol. The van der Waals surface area contributed by atoms with Crippen LogP contribution in [0.15, 0.2) is 60.8 Å². The van der Waals surface area contributed by atoms with E-state index in [9.17, 15) is 19.0 Å². The molecule has 0 fully saturated rings. The Morgan fingerprint density at radius 2 is 0.931 bits per heavy atom. The van der Waals surface area contributed by atoms with Crippen molar-refractivity contribution < 1.29 is 42.1 Å². The Labute approximate surface area is 356 Å². The lowest BCUT2D eigenvalue weighted by Gasteiger charge is -2.24. The quantitative estimate of drug-likeness (QED) is 0.0213. The molecule has 0 heterocycles. The molecule has 0 saturated heterocycles. The second-order valence-corrected chi connectivity index (χ2v) is 17.9. The van der Waals surface area contributed by atoms with Crippen LogP contribution in [0.1, 0.15) is 181 Å². The number of likely N-dealkylation sites (N-methyl/N-ethyl adjacent to an activating group) is 1. The van der Waals surface area contributed by atoms with Crippen molar-refractivity contribution in [3.63, 3.8) is 0 Å². The fourth-order valence-corrected chi connectivity index (χ4v) is 6.61. The molecule has 0 aromatic rings. The third kappa shape index (κ3) is 43.3. The van der Waals surface area contributed by atoms with Crippen LogP contribution in [-0.4, -0.2) is 74.9 Å². The number of ether oxygens (including phenoxy) is 2. The van der Waals surface area contributed by atoms with Gasteiger partial charge in [0, 0.05) is 12.8 Å². The Kier molecular flexibility index (Phi) is 38.5. The highest BCUT2D eigenvalue weighted by atomic mass is 31.2. The first-order valence-electron chi connectivity index (χ1n) is 23.0. The van der Waals surface area contributed by atoms with E-state index in [1.54, 1.807) is 0 Å². The van der Waals surface area contributed by atoms with Crippen molar-refractivity contribution in [2.45, 2.75) is 187 Å². The number of unbranched alkanes of at least 4 members (excludes halogenated alkanes) is 17. The molecule has 9 nitrogen and oxygen atoms in total. The molecule has 0 saturated carbocycles. The van der Waals surface area contributed by atoms with Gasteiger partial charge in [-0.05, 0) is 83.5 Å². The van der Waals surface area contributed by atoms with Gasteiger partial charge in [-0.2, -0.15) is 0 Å². The lowest BCUT2D eigenvalue weighted by molar-refractivity contribution is -0.870. The summed E-state index contributed by atoms with van der Waals surface area (Å²) >= 11 is 0. The van der Waals surface area contributed by atoms with Gasteiger partial charge in [-0.15, -0.1) is 0 Å². The lowest BCUT2D eigenvalue weighted by atomic mass is 10.1. The maximum atomic E-state index is 12.7. The number of nitrogens with zero attached hydrogens (tertiary/aromatic N) is 1. The summed E-state index contributed by atoms with van der Waals surface area (Å²) in [7, 11) is 1.44. The van der Waals surface area contributed by atoms with Gasteiger partial charge in [-0.3, -0.25) is 18.6 Å². The van der Waals surface area contributed by atoms with Gasteiger partial charge >= 0.3 is 19.8 Å². The molecule has 0 rings (SSSR count). The Balaban J connectivity index is 4.44. The summed E-state index contributed by atoms with van der Waals surface area (Å²) in [6.07, 6.45) is 48.4. The second-order valence-electron chi connectivity index (χ2n) is 16.4. The number of hydrogen-bond acceptors (Lipinski definition) is 7. The van der Waals surface area contributed by atoms with E-state index in [2.05, 4.69) is 74.6 Å². The Morgan fingerprint density at radius 1 is 0.534 bits per heavy atom. The maximum Gasteiger partial charge on any atom is 0.472 e. The molecule has 0 aliphatic rings. The van der Waals surface area contributed by atoms with Crippen molar-refractivity contribution in [2.24, 2.45) is 0 Å². The van der Waals surface area contributed by atoms with Crippen molar-refractivity contribution in [3.8, 4) is 0 Å². The molecule has 0 aliphatic heterocycles. The lowest BCUT2D eigenvalue weighted by Crippen LogP contribution is -2.37. The minimum atomic E-state index is -4.39. The van der Waals surface area contributed by atoms with Crippen LogP contribution >= 0.6 is 7.82 Å². The molecule has 1 N–H and O–H groups in total. The summed E-state index contributed by atoms with van der Waals surface area (Å²) in [6, 6.07) is 0. The molecular formula is C48H87NO8P+. The number of hydrogen-bond donors (Lipinski definition) is 1. The summed E-state index contributed by atoms with van der Waals surface area (Å²) < 4.78 is 34.3. The molecule has 336 valence electrons. The first-order chi connectivity index (χ1) is 28.0. The third-order valence-electron chi connectivity index (χ3n) is 9.52. The zero-order valence-electron chi connectivity index (χ0n) is 37.8. The minimum absolute atomic E-state index is 0.0201. The van der Waals surface area contributed by atoms with Gasteiger partial charge < -0.3 is 18.9 Å². The normalized spacial score (nSPS) is 14.1. The van der Waals surface area contributed by atoms with E-state index < -0.39 is 32.5 Å². The molecule has 1 unspecified atom stereocenters. The zero-order chi connectivity index (χ0) is 42.8. The van der Waals surface area contributed by atoms with Crippen LogP contribution in [0.4, 0.5) is 0 Å². The largest absolute Gasteiger partial charge is 0.472 e. The number of carbonyl (C=O) groups excluding carboxylic acids is 2. The van der Waals surface area contributed by atoms with E-state index in [4.69, 9.17) is 18.5 Å². The molecule has 0 aromatic carbocycles. The summed E-state index contributed by atoms with van der Waals surface area (Å²) in [5, 5.41) is 0. The van der Waals surface area contributed by atoms with E-state index in [0.29, 0.717) is 23.9 Å². The zero-order valence-corrected chi connectivity index (χ0v) is 38.7. The fraction of sp³-hybridized carbons (Fsp3) is 0.750. The summed E-state index contributed by atoms with van der Waals surface area (Å²) in [5.41, 5.74) is 0. The monoisotopic (exact) mass is 837 g/mol. The minimum Gasteiger partial charge on any atom is -0.462 e. The van der Waals surface area contributed by atoms with Crippen LogP contribution in [0.25, 0.3) is 0 Å². The van der Waals surface area contributed by atoms with E-state index in [-0.39, 0.29) is 26.1 Å². The van der Waals surface area contributed by atoms with Crippen molar-refractivity contribution >= 4 is 19.8 Å². The number of quaternary nitrogens is 1. The highest BCUT2D eigenvalue weighted by molar-refractivity contribution is 7.47. The maximum absolute atomic E-state index is 12.7. The van der Waals surface area contributed by atoms with E-state index in [0.717, 1.165) is 57.8 Å². The first kappa shape index (κ1) is 55.7. The van der Waals surface area contributed by atoms with E-state index in [1.165, 1.54) is 83.5 Å². The number of phosphoric ester groups is 1. The fourth-order valence-electron chi connectivity index (χ4n) is 5.87. The number of esters is 2. The van der Waals surface area contributed by atoms with Crippen LogP contribution in [0.2, 0.25) is 0 Å². The number of rotatable bonds is 41. The third-order valence-corrected chi connectivity index (χ3v) is 10.5. The highest BCUT2D eigenvalue weighted by Crippen LogP contribution is 2.43. The standard InChI is InChI=1S/C48H86NO8P/c1-6-8-10-12-14-16-18-20-22-23-24-25-27-29-31-33-35-37-39-41-48(51)57-46(45-56-58(52,53)55-43-42-49(3,4)5)44-54-47(50)40-38-36-34-32-30-28-26-21-19-17-15-13-11-9-7-2/h14,16,20,22,24-25,29-32,46H,6-13,15,17-19,21,23,26-28,33-45H2,1-5H3/p+1/b16-14+,22-20+,25-24+,31-29+,32-30+/t46-/m1/s1. The molecule has 0 spiro atoms. The number of allylic oxidation sites excluding steroid dienone is 10.